The van der Waals surface area contributed by atoms with E-state index in [4.69, 9.17) is 4.74 Å². The van der Waals surface area contributed by atoms with Crippen LogP contribution in [0.25, 0.3) is 0 Å². The zero-order valence-electron chi connectivity index (χ0n) is 13.5. The number of amides is 1. The van der Waals surface area contributed by atoms with Crippen LogP contribution in [0.15, 0.2) is 10.2 Å². The van der Waals surface area contributed by atoms with Crippen LogP contribution in [-0.4, -0.2) is 53.8 Å². The van der Waals surface area contributed by atoms with E-state index < -0.39 is 0 Å². The molecule has 1 amide bonds. The molecule has 0 saturated carbocycles. The first-order chi connectivity index (χ1) is 10.5. The molecular weight excluding hydrogens is 302 g/mol. The Morgan fingerprint density at radius 2 is 2.05 bits per heavy atom. The van der Waals surface area contributed by atoms with Crippen LogP contribution in [0.5, 0.6) is 0 Å². The van der Waals surface area contributed by atoms with Crippen LogP contribution >= 0.6 is 11.3 Å². The van der Waals surface area contributed by atoms with Crippen molar-refractivity contribution >= 4 is 17.2 Å². The highest BCUT2D eigenvalue weighted by molar-refractivity contribution is 7.07. The fraction of sp³-hybridized carbons (Fsp3) is 0.733. The lowest BCUT2D eigenvalue weighted by Crippen LogP contribution is -2.47. The second-order valence-corrected chi connectivity index (χ2v) is 6.73. The third kappa shape index (κ3) is 4.93. The van der Waals surface area contributed by atoms with E-state index in [2.05, 4.69) is 24.1 Å². The first kappa shape index (κ1) is 17.2. The molecule has 1 aromatic heterocycles. The highest BCUT2D eigenvalue weighted by Crippen LogP contribution is 2.09. The predicted octanol–water partition coefficient (Wildman–Crippen LogP) is 0.834. The predicted molar refractivity (Wildman–Crippen MR) is 87.4 cm³/mol. The van der Waals surface area contributed by atoms with E-state index in [1.54, 1.807) is 4.57 Å². The fourth-order valence-electron chi connectivity index (χ4n) is 2.80. The van der Waals surface area contributed by atoms with E-state index in [-0.39, 0.29) is 23.0 Å². The van der Waals surface area contributed by atoms with Gasteiger partial charge in [-0.25, -0.2) is 0 Å². The molecule has 0 unspecified atom stereocenters. The Kier molecular flexibility index (Phi) is 6.16. The summed E-state index contributed by atoms with van der Waals surface area (Å²) in [6.45, 7) is 9.76. The number of ether oxygens (including phenoxy) is 1. The Morgan fingerprint density at radius 3 is 2.64 bits per heavy atom. The molecule has 0 spiro atoms. The second kappa shape index (κ2) is 7.89. The van der Waals surface area contributed by atoms with E-state index in [1.165, 1.54) is 11.3 Å². The number of hydrogen-bond donors (Lipinski definition) is 1. The molecule has 124 valence electrons. The molecule has 1 saturated heterocycles. The van der Waals surface area contributed by atoms with Crippen LogP contribution in [0.4, 0.5) is 0 Å². The first-order valence-electron chi connectivity index (χ1n) is 7.75. The van der Waals surface area contributed by atoms with Crippen molar-refractivity contribution in [2.45, 2.75) is 45.9 Å². The summed E-state index contributed by atoms with van der Waals surface area (Å²) in [4.78, 5) is 25.7. The molecule has 1 aromatic rings. The van der Waals surface area contributed by atoms with Crippen LogP contribution < -0.4 is 10.2 Å². The molecule has 0 aliphatic carbocycles. The van der Waals surface area contributed by atoms with Crippen LogP contribution in [0, 0.1) is 6.92 Å². The molecule has 1 aliphatic rings. The zero-order chi connectivity index (χ0) is 16.1. The lowest BCUT2D eigenvalue weighted by atomic mass is 10.2. The molecule has 22 heavy (non-hydrogen) atoms. The summed E-state index contributed by atoms with van der Waals surface area (Å²) in [6.07, 6.45) is 0.828. The Labute approximate surface area is 135 Å². The number of carbonyl (C=O) groups is 1. The van der Waals surface area contributed by atoms with Crippen LogP contribution in [-0.2, 0) is 16.1 Å². The van der Waals surface area contributed by atoms with Gasteiger partial charge in [-0.1, -0.05) is 11.3 Å². The summed E-state index contributed by atoms with van der Waals surface area (Å²) < 4.78 is 7.33. The number of thiazole rings is 1. The van der Waals surface area contributed by atoms with Gasteiger partial charge in [-0.3, -0.25) is 14.5 Å². The van der Waals surface area contributed by atoms with Gasteiger partial charge < -0.3 is 14.6 Å². The molecule has 2 atom stereocenters. The highest BCUT2D eigenvalue weighted by atomic mass is 32.1. The van der Waals surface area contributed by atoms with E-state index in [0.29, 0.717) is 19.5 Å². The average Bonchev–Trinajstić information content (AvgIpc) is 2.75. The molecule has 7 heteroatoms. The van der Waals surface area contributed by atoms with Crippen molar-refractivity contribution in [3.8, 4) is 0 Å². The number of rotatable bonds is 6. The lowest BCUT2D eigenvalue weighted by Gasteiger charge is -2.35. The molecule has 0 aromatic carbocycles. The van der Waals surface area contributed by atoms with Crippen molar-refractivity contribution in [1.82, 2.24) is 14.8 Å². The van der Waals surface area contributed by atoms with Gasteiger partial charge in [0.15, 0.2) is 0 Å². The summed E-state index contributed by atoms with van der Waals surface area (Å²) in [7, 11) is 0. The number of nitrogens with zero attached hydrogens (tertiary/aromatic N) is 2. The van der Waals surface area contributed by atoms with Gasteiger partial charge in [-0.05, 0) is 20.8 Å². The maximum Gasteiger partial charge on any atom is 0.307 e. The molecule has 2 heterocycles. The largest absolute Gasteiger partial charge is 0.373 e. The van der Waals surface area contributed by atoms with E-state index in [1.807, 2.05) is 12.3 Å². The molecule has 2 rings (SSSR count). The number of hydrogen-bond acceptors (Lipinski definition) is 5. The minimum absolute atomic E-state index is 0.00147. The van der Waals surface area contributed by atoms with Crippen molar-refractivity contribution in [3.05, 3.63) is 20.7 Å². The third-order valence-electron chi connectivity index (χ3n) is 3.78. The summed E-state index contributed by atoms with van der Waals surface area (Å²) in [5.41, 5.74) is 0.916. The Morgan fingerprint density at radius 1 is 1.36 bits per heavy atom. The van der Waals surface area contributed by atoms with Gasteiger partial charge in [0, 0.05) is 50.2 Å². The summed E-state index contributed by atoms with van der Waals surface area (Å²) >= 11 is 1.18. The molecule has 6 nitrogen and oxygen atoms in total. The van der Waals surface area contributed by atoms with Crippen molar-refractivity contribution in [3.63, 3.8) is 0 Å². The van der Waals surface area contributed by atoms with Crippen molar-refractivity contribution in [2.24, 2.45) is 0 Å². The molecule has 1 aliphatic heterocycles. The van der Waals surface area contributed by atoms with E-state index in [0.717, 1.165) is 25.3 Å². The average molecular weight is 327 g/mol. The topological polar surface area (TPSA) is 63.6 Å². The smallest absolute Gasteiger partial charge is 0.307 e. The SMILES string of the molecule is Cc1csc(=O)n1CCC(=O)NCCN1C[C@@H](C)O[C@H](C)C1. The lowest BCUT2D eigenvalue weighted by molar-refractivity contribution is -0.121. The molecule has 1 N–H and O–H groups in total. The summed E-state index contributed by atoms with van der Waals surface area (Å²) in [5.74, 6) is -0.00754. The molecular formula is C15H25N3O3S. The van der Waals surface area contributed by atoms with Crippen LogP contribution in [0.1, 0.15) is 26.0 Å². The highest BCUT2D eigenvalue weighted by Gasteiger charge is 2.21. The normalized spacial score (nSPS) is 22.7. The minimum Gasteiger partial charge on any atom is -0.373 e. The molecule has 0 bridgehead atoms. The number of aryl methyl sites for hydroxylation is 1. The van der Waals surface area contributed by atoms with Crippen LogP contribution in [0.2, 0.25) is 0 Å². The second-order valence-electron chi connectivity index (χ2n) is 5.91. The Balaban J connectivity index is 1.67. The summed E-state index contributed by atoms with van der Waals surface area (Å²) in [5, 5.41) is 4.75. The monoisotopic (exact) mass is 327 g/mol. The number of aromatic nitrogens is 1. The Hall–Kier alpha value is -1.18. The summed E-state index contributed by atoms with van der Waals surface area (Å²) in [6, 6.07) is 0. The molecule has 0 radical (unpaired) electrons. The van der Waals surface area contributed by atoms with E-state index >= 15 is 0 Å². The zero-order valence-corrected chi connectivity index (χ0v) is 14.3. The van der Waals surface area contributed by atoms with Gasteiger partial charge in [-0.15, -0.1) is 0 Å². The van der Waals surface area contributed by atoms with Crippen molar-refractivity contribution in [1.29, 1.82) is 0 Å². The van der Waals surface area contributed by atoms with Gasteiger partial charge >= 0.3 is 4.87 Å². The standard InChI is InChI=1S/C15H25N3O3S/c1-11-10-22-15(20)18(11)6-4-14(19)16-5-7-17-8-12(2)21-13(3)9-17/h10,12-13H,4-9H2,1-3H3,(H,16,19)/t12-,13-/m1/s1. The maximum absolute atomic E-state index is 11.9. The number of nitrogens with one attached hydrogen (secondary N) is 1. The fourth-order valence-corrected chi connectivity index (χ4v) is 3.56. The van der Waals surface area contributed by atoms with E-state index in [9.17, 15) is 9.59 Å². The first-order valence-corrected chi connectivity index (χ1v) is 8.63. The van der Waals surface area contributed by atoms with Crippen molar-refractivity contribution < 1.29 is 9.53 Å². The van der Waals surface area contributed by atoms with Crippen molar-refractivity contribution in [2.75, 3.05) is 26.2 Å². The molecule has 1 fully saturated rings. The number of morpholine rings is 1. The third-order valence-corrected chi connectivity index (χ3v) is 4.67. The quantitative estimate of drug-likeness (QED) is 0.841. The minimum atomic E-state index is -0.00754. The Bertz CT molecular complexity index is 544. The maximum atomic E-state index is 11.9. The van der Waals surface area contributed by atoms with Gasteiger partial charge in [0.25, 0.3) is 0 Å². The number of carbonyl (C=O) groups excluding carboxylic acids is 1. The van der Waals surface area contributed by atoms with Gasteiger partial charge in [0.2, 0.25) is 5.91 Å². The van der Waals surface area contributed by atoms with Crippen LogP contribution in [0.3, 0.4) is 0 Å². The van der Waals surface area contributed by atoms with Gasteiger partial charge in [-0.2, -0.15) is 0 Å². The van der Waals surface area contributed by atoms with Gasteiger partial charge in [0.1, 0.15) is 0 Å². The van der Waals surface area contributed by atoms with Gasteiger partial charge in [0.05, 0.1) is 12.2 Å².